The van der Waals surface area contributed by atoms with Crippen molar-refractivity contribution in [3.63, 3.8) is 0 Å². The van der Waals surface area contributed by atoms with Gasteiger partial charge in [-0.05, 0) is 26.3 Å². The Morgan fingerprint density at radius 1 is 1.53 bits per heavy atom. The van der Waals surface area contributed by atoms with Crippen LogP contribution in [-0.4, -0.2) is 36.8 Å². The van der Waals surface area contributed by atoms with Gasteiger partial charge in [-0.25, -0.2) is 0 Å². The molecular formula is C11H22N2O2. The van der Waals surface area contributed by atoms with Gasteiger partial charge in [0, 0.05) is 12.1 Å². The molecule has 3 N–H and O–H groups in total. The molecule has 1 aliphatic carbocycles. The highest BCUT2D eigenvalue weighted by Gasteiger charge is 2.30. The number of hydrogen-bond acceptors (Lipinski definition) is 3. The number of aliphatic hydroxyl groups excluding tert-OH is 1. The van der Waals surface area contributed by atoms with E-state index >= 15 is 0 Å². The minimum absolute atomic E-state index is 0.00667. The van der Waals surface area contributed by atoms with Gasteiger partial charge in [0.2, 0.25) is 5.91 Å². The molecule has 1 fully saturated rings. The van der Waals surface area contributed by atoms with Gasteiger partial charge >= 0.3 is 0 Å². The van der Waals surface area contributed by atoms with Gasteiger partial charge in [0.25, 0.3) is 0 Å². The molecular weight excluding hydrogens is 192 g/mol. The summed E-state index contributed by atoms with van der Waals surface area (Å²) in [4.78, 5) is 11.8. The summed E-state index contributed by atoms with van der Waals surface area (Å²) in [5.74, 6) is -0.316. The minimum Gasteiger partial charge on any atom is -0.395 e. The van der Waals surface area contributed by atoms with Crippen LogP contribution in [0.15, 0.2) is 0 Å². The Kier molecular flexibility index (Phi) is 5.05. The Bertz CT molecular complexity index is 205. The van der Waals surface area contributed by atoms with Gasteiger partial charge in [-0.2, -0.15) is 0 Å². The maximum Gasteiger partial charge on any atom is 0.227 e. The average Bonchev–Trinajstić information content (AvgIpc) is 3.01. The van der Waals surface area contributed by atoms with Crippen molar-refractivity contribution in [3.05, 3.63) is 0 Å². The summed E-state index contributed by atoms with van der Waals surface area (Å²) in [5, 5.41) is 15.3. The average molecular weight is 214 g/mol. The Labute approximate surface area is 91.4 Å². The van der Waals surface area contributed by atoms with Crippen molar-refractivity contribution in [2.24, 2.45) is 5.92 Å². The Balaban J connectivity index is 2.45. The minimum atomic E-state index is -0.310. The summed E-state index contributed by atoms with van der Waals surface area (Å²) in [5.41, 5.74) is 0. The van der Waals surface area contributed by atoms with E-state index in [1.165, 1.54) is 0 Å². The molecule has 1 saturated carbocycles. The summed E-state index contributed by atoms with van der Waals surface area (Å²) >= 11 is 0. The number of hydrogen-bond donors (Lipinski definition) is 3. The van der Waals surface area contributed by atoms with Crippen LogP contribution in [0.2, 0.25) is 0 Å². The summed E-state index contributed by atoms with van der Waals surface area (Å²) in [6.45, 7) is 2.00. The monoisotopic (exact) mass is 214 g/mol. The van der Waals surface area contributed by atoms with Crippen molar-refractivity contribution in [2.45, 2.75) is 44.7 Å². The maximum atomic E-state index is 11.8. The molecule has 0 spiro atoms. The lowest BCUT2D eigenvalue weighted by atomic mass is 9.95. The molecule has 1 rings (SSSR count). The highest BCUT2D eigenvalue weighted by molar-refractivity contribution is 5.80. The van der Waals surface area contributed by atoms with Crippen LogP contribution in [0.25, 0.3) is 0 Å². The van der Waals surface area contributed by atoms with Gasteiger partial charge in [0.05, 0.1) is 12.5 Å². The number of carbonyl (C=O) groups is 1. The van der Waals surface area contributed by atoms with Crippen LogP contribution >= 0.6 is 0 Å². The van der Waals surface area contributed by atoms with Crippen molar-refractivity contribution < 1.29 is 9.90 Å². The van der Waals surface area contributed by atoms with E-state index in [-0.39, 0.29) is 24.5 Å². The van der Waals surface area contributed by atoms with Crippen LogP contribution in [0.4, 0.5) is 0 Å². The quantitative estimate of drug-likeness (QED) is 0.570. The predicted octanol–water partition coefficient (Wildman–Crippen LogP) is 0.262. The largest absolute Gasteiger partial charge is 0.395 e. The summed E-state index contributed by atoms with van der Waals surface area (Å²) in [6.07, 6.45) is 4.10. The zero-order chi connectivity index (χ0) is 11.3. The van der Waals surface area contributed by atoms with Crippen molar-refractivity contribution in [1.29, 1.82) is 0 Å². The van der Waals surface area contributed by atoms with Crippen LogP contribution in [0.3, 0.4) is 0 Å². The standard InChI is InChI=1S/C11H22N2O2/c1-3-4-10(12-2)9(7-14)11(15)13-8-5-6-8/h8-10,12,14H,3-7H2,1-2H3,(H,13,15). The van der Waals surface area contributed by atoms with Crippen molar-refractivity contribution in [3.8, 4) is 0 Å². The fourth-order valence-electron chi connectivity index (χ4n) is 1.79. The Morgan fingerprint density at radius 2 is 2.20 bits per heavy atom. The van der Waals surface area contributed by atoms with Crippen LogP contribution in [-0.2, 0) is 4.79 Å². The second-order valence-corrected chi connectivity index (χ2v) is 4.26. The first-order valence-electron chi connectivity index (χ1n) is 5.81. The van der Waals surface area contributed by atoms with E-state index in [0.717, 1.165) is 25.7 Å². The lowest BCUT2D eigenvalue weighted by Gasteiger charge is -2.24. The molecule has 0 aromatic heterocycles. The lowest BCUT2D eigenvalue weighted by molar-refractivity contribution is -0.127. The number of aliphatic hydroxyl groups is 1. The van der Waals surface area contributed by atoms with Crippen molar-refractivity contribution >= 4 is 5.91 Å². The third-order valence-corrected chi connectivity index (χ3v) is 2.91. The molecule has 4 nitrogen and oxygen atoms in total. The van der Waals surface area contributed by atoms with E-state index in [0.29, 0.717) is 6.04 Å². The molecule has 0 heterocycles. The van der Waals surface area contributed by atoms with Gasteiger partial charge in [-0.1, -0.05) is 13.3 Å². The zero-order valence-electron chi connectivity index (χ0n) is 9.62. The first-order chi connectivity index (χ1) is 7.22. The summed E-state index contributed by atoms with van der Waals surface area (Å²) < 4.78 is 0. The lowest BCUT2D eigenvalue weighted by Crippen LogP contribution is -2.45. The molecule has 88 valence electrons. The van der Waals surface area contributed by atoms with E-state index in [1.807, 2.05) is 7.05 Å². The molecule has 2 unspecified atom stereocenters. The van der Waals surface area contributed by atoms with Gasteiger partial charge in [-0.15, -0.1) is 0 Å². The number of rotatable bonds is 7. The normalized spacial score (nSPS) is 19.7. The summed E-state index contributed by atoms with van der Waals surface area (Å²) in [6, 6.07) is 0.449. The SMILES string of the molecule is CCCC(NC)C(CO)C(=O)NC1CC1. The molecule has 0 aliphatic heterocycles. The van der Waals surface area contributed by atoms with E-state index in [9.17, 15) is 9.90 Å². The molecule has 0 aromatic carbocycles. The molecule has 2 atom stereocenters. The third kappa shape index (κ3) is 3.80. The van der Waals surface area contributed by atoms with Crippen LogP contribution in [0.1, 0.15) is 32.6 Å². The van der Waals surface area contributed by atoms with E-state index in [1.54, 1.807) is 0 Å². The zero-order valence-corrected chi connectivity index (χ0v) is 9.62. The third-order valence-electron chi connectivity index (χ3n) is 2.91. The maximum absolute atomic E-state index is 11.8. The van der Waals surface area contributed by atoms with Crippen molar-refractivity contribution in [1.82, 2.24) is 10.6 Å². The Hall–Kier alpha value is -0.610. The molecule has 0 bridgehead atoms. The first kappa shape index (κ1) is 12.5. The van der Waals surface area contributed by atoms with Crippen LogP contribution in [0, 0.1) is 5.92 Å². The fourth-order valence-corrected chi connectivity index (χ4v) is 1.79. The number of carbonyl (C=O) groups excluding carboxylic acids is 1. The topological polar surface area (TPSA) is 61.4 Å². The van der Waals surface area contributed by atoms with Crippen molar-refractivity contribution in [2.75, 3.05) is 13.7 Å². The number of amides is 1. The van der Waals surface area contributed by atoms with Gasteiger partial charge < -0.3 is 15.7 Å². The second-order valence-electron chi connectivity index (χ2n) is 4.26. The molecule has 15 heavy (non-hydrogen) atoms. The first-order valence-corrected chi connectivity index (χ1v) is 5.81. The molecule has 0 aromatic rings. The molecule has 0 saturated heterocycles. The highest BCUT2D eigenvalue weighted by Crippen LogP contribution is 2.20. The summed E-state index contributed by atoms with van der Waals surface area (Å²) in [7, 11) is 1.84. The van der Waals surface area contributed by atoms with E-state index in [2.05, 4.69) is 17.6 Å². The second kappa shape index (κ2) is 6.08. The molecule has 4 heteroatoms. The van der Waals surface area contributed by atoms with Gasteiger partial charge in [0.15, 0.2) is 0 Å². The van der Waals surface area contributed by atoms with Gasteiger partial charge in [-0.3, -0.25) is 4.79 Å². The predicted molar refractivity (Wildman–Crippen MR) is 59.5 cm³/mol. The smallest absolute Gasteiger partial charge is 0.227 e. The number of nitrogens with one attached hydrogen (secondary N) is 2. The fraction of sp³-hybridized carbons (Fsp3) is 0.909. The Morgan fingerprint density at radius 3 is 2.60 bits per heavy atom. The highest BCUT2D eigenvalue weighted by atomic mass is 16.3. The van der Waals surface area contributed by atoms with Gasteiger partial charge in [0.1, 0.15) is 0 Å². The van der Waals surface area contributed by atoms with E-state index < -0.39 is 0 Å². The molecule has 1 amide bonds. The van der Waals surface area contributed by atoms with E-state index in [4.69, 9.17) is 0 Å². The van der Waals surface area contributed by atoms with Crippen LogP contribution in [0.5, 0.6) is 0 Å². The van der Waals surface area contributed by atoms with Crippen LogP contribution < -0.4 is 10.6 Å². The molecule has 1 aliphatic rings. The molecule has 0 radical (unpaired) electrons.